The van der Waals surface area contributed by atoms with E-state index in [2.05, 4.69) is 29.5 Å². The monoisotopic (exact) mass is 396 g/mol. The average Bonchev–Trinajstić information content (AvgIpc) is 2.80. The highest BCUT2D eigenvalue weighted by Gasteiger charge is 2.37. The summed E-state index contributed by atoms with van der Waals surface area (Å²) in [7, 11) is 0. The van der Waals surface area contributed by atoms with Gasteiger partial charge in [-0.25, -0.2) is 0 Å². The topological polar surface area (TPSA) is 35.5 Å². The summed E-state index contributed by atoms with van der Waals surface area (Å²) < 4.78 is 11.5. The van der Waals surface area contributed by atoms with Crippen LogP contribution in [0.15, 0.2) is 0 Å². The van der Waals surface area contributed by atoms with Gasteiger partial charge < -0.3 is 9.47 Å². The second-order valence-electron chi connectivity index (χ2n) is 5.61. The maximum atomic E-state index is 11.7. The van der Waals surface area contributed by atoms with Gasteiger partial charge in [0.2, 0.25) is 0 Å². The molecule has 0 N–H and O–H groups in total. The van der Waals surface area contributed by atoms with Crippen molar-refractivity contribution < 1.29 is 14.3 Å². The highest BCUT2D eigenvalue weighted by atomic mass is 127. The van der Waals surface area contributed by atoms with Gasteiger partial charge >= 0.3 is 5.97 Å². The standard InChI is InChI=1S/C16H29IO3/c1-3-5-6-7-8-9-10-20-15-12-13(11-14(15)17)16(18)19-4-2/h13-15H,3-12H2,1-2H3. The quantitative estimate of drug-likeness (QED) is 0.236. The number of rotatable bonds is 10. The number of unbranched alkanes of at least 4 members (excludes halogenated alkanes) is 5. The molecule has 0 heterocycles. The molecule has 3 nitrogen and oxygen atoms in total. The van der Waals surface area contributed by atoms with E-state index in [1.807, 2.05) is 6.92 Å². The minimum Gasteiger partial charge on any atom is -0.466 e. The van der Waals surface area contributed by atoms with Gasteiger partial charge in [0.15, 0.2) is 0 Å². The largest absolute Gasteiger partial charge is 0.466 e. The number of hydrogen-bond donors (Lipinski definition) is 0. The number of carbonyl (C=O) groups is 1. The highest BCUT2D eigenvalue weighted by molar-refractivity contribution is 14.1. The van der Waals surface area contributed by atoms with Crippen molar-refractivity contribution in [1.29, 1.82) is 0 Å². The van der Waals surface area contributed by atoms with Crippen LogP contribution in [0.1, 0.15) is 65.2 Å². The van der Waals surface area contributed by atoms with Gasteiger partial charge in [0.25, 0.3) is 0 Å². The molecule has 1 aliphatic rings. The molecular weight excluding hydrogens is 367 g/mol. The molecule has 1 aliphatic carbocycles. The van der Waals surface area contributed by atoms with Crippen molar-refractivity contribution in [3.8, 4) is 0 Å². The van der Waals surface area contributed by atoms with Gasteiger partial charge in [0.1, 0.15) is 0 Å². The van der Waals surface area contributed by atoms with Crippen molar-refractivity contribution in [2.24, 2.45) is 5.92 Å². The maximum absolute atomic E-state index is 11.7. The number of ether oxygens (including phenoxy) is 2. The fraction of sp³-hybridized carbons (Fsp3) is 0.938. The van der Waals surface area contributed by atoms with Crippen molar-refractivity contribution in [3.05, 3.63) is 0 Å². The lowest BCUT2D eigenvalue weighted by Gasteiger charge is -2.15. The van der Waals surface area contributed by atoms with Crippen LogP contribution in [-0.2, 0) is 14.3 Å². The number of carbonyl (C=O) groups excluding carboxylic acids is 1. The first kappa shape index (κ1) is 18.2. The summed E-state index contributed by atoms with van der Waals surface area (Å²) in [6, 6.07) is 0. The van der Waals surface area contributed by atoms with Crippen LogP contribution >= 0.6 is 22.6 Å². The van der Waals surface area contributed by atoms with Crippen LogP contribution in [0.5, 0.6) is 0 Å². The van der Waals surface area contributed by atoms with Gasteiger partial charge in [0.05, 0.1) is 18.6 Å². The van der Waals surface area contributed by atoms with Gasteiger partial charge in [-0.3, -0.25) is 4.79 Å². The molecule has 0 aromatic heterocycles. The Morgan fingerprint density at radius 3 is 2.50 bits per heavy atom. The van der Waals surface area contributed by atoms with Crippen molar-refractivity contribution in [3.63, 3.8) is 0 Å². The molecule has 0 spiro atoms. The fourth-order valence-corrected chi connectivity index (χ4v) is 3.81. The maximum Gasteiger partial charge on any atom is 0.309 e. The number of halogens is 1. The summed E-state index contributed by atoms with van der Waals surface area (Å²) >= 11 is 2.42. The molecule has 118 valence electrons. The molecule has 3 unspecified atom stereocenters. The van der Waals surface area contributed by atoms with Crippen LogP contribution in [0, 0.1) is 5.92 Å². The van der Waals surface area contributed by atoms with E-state index >= 15 is 0 Å². The highest BCUT2D eigenvalue weighted by Crippen LogP contribution is 2.34. The van der Waals surface area contributed by atoms with Crippen LogP contribution in [-0.4, -0.2) is 29.2 Å². The zero-order valence-corrected chi connectivity index (χ0v) is 15.1. The van der Waals surface area contributed by atoms with E-state index in [0.29, 0.717) is 10.5 Å². The van der Waals surface area contributed by atoms with E-state index in [0.717, 1.165) is 25.9 Å². The van der Waals surface area contributed by atoms with E-state index in [9.17, 15) is 4.79 Å². The van der Waals surface area contributed by atoms with Crippen LogP contribution in [0.2, 0.25) is 0 Å². The van der Waals surface area contributed by atoms with E-state index in [1.165, 1.54) is 32.1 Å². The molecule has 0 aromatic rings. The lowest BCUT2D eigenvalue weighted by molar-refractivity contribution is -0.148. The predicted molar refractivity (Wildman–Crippen MR) is 90.3 cm³/mol. The molecule has 0 aromatic carbocycles. The average molecular weight is 396 g/mol. The van der Waals surface area contributed by atoms with Gasteiger partial charge in [-0.05, 0) is 26.2 Å². The predicted octanol–water partition coefficient (Wildman–Crippen LogP) is 4.51. The molecule has 4 heteroatoms. The third-order valence-corrected chi connectivity index (χ3v) is 5.19. The third kappa shape index (κ3) is 6.74. The Bertz CT molecular complexity index is 270. The zero-order chi connectivity index (χ0) is 14.8. The molecule has 0 amide bonds. The van der Waals surface area contributed by atoms with Crippen molar-refractivity contribution in [2.45, 2.75) is 75.2 Å². The SMILES string of the molecule is CCCCCCCCOC1CC(C(=O)OCC)CC1I. The Morgan fingerprint density at radius 2 is 1.80 bits per heavy atom. The zero-order valence-electron chi connectivity index (χ0n) is 12.9. The van der Waals surface area contributed by atoms with Gasteiger partial charge in [0, 0.05) is 10.5 Å². The molecule has 1 saturated carbocycles. The summed E-state index contributed by atoms with van der Waals surface area (Å²) in [6.45, 7) is 5.42. The number of hydrogen-bond acceptors (Lipinski definition) is 3. The van der Waals surface area contributed by atoms with Gasteiger partial charge in [-0.1, -0.05) is 61.6 Å². The molecule has 0 saturated heterocycles. The Kier molecular flexibility index (Phi) is 9.86. The minimum atomic E-state index is -0.0418. The smallest absolute Gasteiger partial charge is 0.309 e. The number of alkyl halides is 1. The van der Waals surface area contributed by atoms with E-state index < -0.39 is 0 Å². The summed E-state index contributed by atoms with van der Waals surface area (Å²) in [5.74, 6) is 0.00577. The summed E-state index contributed by atoms with van der Waals surface area (Å²) in [6.07, 6.45) is 9.70. The molecule has 0 radical (unpaired) electrons. The summed E-state index contributed by atoms with van der Waals surface area (Å²) in [5.41, 5.74) is 0. The first-order valence-electron chi connectivity index (χ1n) is 8.11. The summed E-state index contributed by atoms with van der Waals surface area (Å²) in [5, 5.41) is 0. The van der Waals surface area contributed by atoms with Crippen LogP contribution in [0.3, 0.4) is 0 Å². The second-order valence-corrected chi connectivity index (χ2v) is 7.21. The van der Waals surface area contributed by atoms with Crippen LogP contribution < -0.4 is 0 Å². The Hall–Kier alpha value is 0.160. The molecule has 0 bridgehead atoms. The molecule has 1 fully saturated rings. The lowest BCUT2D eigenvalue weighted by Crippen LogP contribution is -2.19. The Balaban J connectivity index is 2.10. The first-order valence-corrected chi connectivity index (χ1v) is 9.35. The number of esters is 1. The van der Waals surface area contributed by atoms with E-state index in [-0.39, 0.29) is 18.0 Å². The van der Waals surface area contributed by atoms with Crippen molar-refractivity contribution in [2.75, 3.05) is 13.2 Å². The molecule has 0 aliphatic heterocycles. The molecule has 1 rings (SSSR count). The van der Waals surface area contributed by atoms with Crippen LogP contribution in [0.25, 0.3) is 0 Å². The second kappa shape index (κ2) is 10.8. The normalized spacial score (nSPS) is 25.9. The van der Waals surface area contributed by atoms with E-state index in [4.69, 9.17) is 9.47 Å². The first-order chi connectivity index (χ1) is 9.69. The summed E-state index contributed by atoms with van der Waals surface area (Å²) in [4.78, 5) is 11.7. The van der Waals surface area contributed by atoms with Crippen molar-refractivity contribution in [1.82, 2.24) is 0 Å². The Morgan fingerprint density at radius 1 is 1.10 bits per heavy atom. The third-order valence-electron chi connectivity index (χ3n) is 3.88. The minimum absolute atomic E-state index is 0.0418. The van der Waals surface area contributed by atoms with Gasteiger partial charge in [-0.2, -0.15) is 0 Å². The molecule has 3 atom stereocenters. The molecular formula is C16H29IO3. The van der Waals surface area contributed by atoms with E-state index in [1.54, 1.807) is 0 Å². The molecule has 20 heavy (non-hydrogen) atoms. The van der Waals surface area contributed by atoms with Gasteiger partial charge in [-0.15, -0.1) is 0 Å². The Labute approximate surface area is 137 Å². The van der Waals surface area contributed by atoms with Crippen molar-refractivity contribution >= 4 is 28.6 Å². The fourth-order valence-electron chi connectivity index (χ4n) is 2.69. The lowest BCUT2D eigenvalue weighted by atomic mass is 10.1. The van der Waals surface area contributed by atoms with Crippen LogP contribution in [0.4, 0.5) is 0 Å².